The number of carboxylic acid groups (broad SMARTS) is 1. The summed E-state index contributed by atoms with van der Waals surface area (Å²) in [6.45, 7) is 3.54. The number of ether oxygens (including phenoxy) is 1. The first-order valence-corrected chi connectivity index (χ1v) is 5.81. The van der Waals surface area contributed by atoms with E-state index in [-0.39, 0.29) is 5.56 Å². The van der Waals surface area contributed by atoms with Gasteiger partial charge in [0.05, 0.1) is 5.56 Å². The molecule has 0 aromatic heterocycles. The average molecular weight is 235 g/mol. The van der Waals surface area contributed by atoms with Crippen molar-refractivity contribution in [3.8, 4) is 5.75 Å². The number of rotatable bonds is 2. The van der Waals surface area contributed by atoms with Crippen LogP contribution in [0.25, 0.3) is 0 Å². The molecule has 0 aliphatic carbocycles. The van der Waals surface area contributed by atoms with Gasteiger partial charge in [-0.25, -0.2) is 4.79 Å². The zero-order chi connectivity index (χ0) is 12.4. The van der Waals surface area contributed by atoms with Crippen LogP contribution >= 0.6 is 0 Å². The molecule has 0 spiro atoms. The summed E-state index contributed by atoms with van der Waals surface area (Å²) in [5.41, 5.74) is 1.33. The third-order valence-corrected chi connectivity index (χ3v) is 3.26. The van der Waals surface area contributed by atoms with Crippen LogP contribution in [-0.4, -0.2) is 35.7 Å². The van der Waals surface area contributed by atoms with Crippen molar-refractivity contribution in [1.82, 2.24) is 4.90 Å². The molecule has 0 fully saturated rings. The molecule has 1 unspecified atom stereocenters. The molecule has 1 aromatic rings. The average Bonchev–Trinajstić information content (AvgIpc) is 2.46. The Morgan fingerprint density at radius 3 is 3.00 bits per heavy atom. The van der Waals surface area contributed by atoms with Gasteiger partial charge in [0.25, 0.3) is 0 Å². The zero-order valence-corrected chi connectivity index (χ0v) is 10.1. The highest BCUT2D eigenvalue weighted by atomic mass is 16.5. The normalized spacial score (nSPS) is 20.2. The summed E-state index contributed by atoms with van der Waals surface area (Å²) < 4.78 is 5.71. The standard InChI is InChI=1S/C13H17NO3/c1-3-11-8-17-12-6-9(13(15)16)4-5-10(12)7-14(11)2/h4-6,11H,3,7-8H2,1-2H3,(H,15,16). The highest BCUT2D eigenvalue weighted by molar-refractivity contribution is 5.88. The lowest BCUT2D eigenvalue weighted by Gasteiger charge is -2.22. The van der Waals surface area contributed by atoms with Crippen molar-refractivity contribution < 1.29 is 14.6 Å². The maximum absolute atomic E-state index is 10.9. The largest absolute Gasteiger partial charge is 0.492 e. The number of likely N-dealkylation sites (N-methyl/N-ethyl adjacent to an activating group) is 1. The Bertz CT molecular complexity index is 431. The molecule has 1 heterocycles. The van der Waals surface area contributed by atoms with Crippen LogP contribution in [0.3, 0.4) is 0 Å². The highest BCUT2D eigenvalue weighted by Gasteiger charge is 2.21. The second-order valence-electron chi connectivity index (χ2n) is 4.42. The molecule has 0 radical (unpaired) electrons. The molecule has 4 nitrogen and oxygen atoms in total. The van der Waals surface area contributed by atoms with Crippen LogP contribution in [0.1, 0.15) is 29.3 Å². The van der Waals surface area contributed by atoms with E-state index in [1.807, 2.05) is 6.07 Å². The third-order valence-electron chi connectivity index (χ3n) is 3.26. The Labute approximate surface area is 101 Å². The molecule has 0 saturated carbocycles. The lowest BCUT2D eigenvalue weighted by molar-refractivity contribution is 0.0696. The van der Waals surface area contributed by atoms with E-state index in [2.05, 4.69) is 18.9 Å². The second-order valence-corrected chi connectivity index (χ2v) is 4.42. The number of carbonyl (C=O) groups is 1. The van der Waals surface area contributed by atoms with Crippen molar-refractivity contribution in [3.05, 3.63) is 29.3 Å². The maximum atomic E-state index is 10.9. The number of benzene rings is 1. The first-order valence-electron chi connectivity index (χ1n) is 5.81. The quantitative estimate of drug-likeness (QED) is 0.851. The van der Waals surface area contributed by atoms with Gasteiger partial charge in [-0.15, -0.1) is 0 Å². The van der Waals surface area contributed by atoms with Gasteiger partial charge in [0.1, 0.15) is 12.4 Å². The smallest absolute Gasteiger partial charge is 0.335 e. The van der Waals surface area contributed by atoms with Gasteiger partial charge in [0.2, 0.25) is 0 Å². The fourth-order valence-electron chi connectivity index (χ4n) is 2.09. The summed E-state index contributed by atoms with van der Waals surface area (Å²) in [6.07, 6.45) is 1.02. The zero-order valence-electron chi connectivity index (χ0n) is 10.1. The Kier molecular flexibility index (Phi) is 3.33. The molecule has 1 N–H and O–H groups in total. The Hall–Kier alpha value is -1.55. The molecular weight excluding hydrogens is 218 g/mol. The number of fused-ring (bicyclic) bond motifs is 1. The second kappa shape index (κ2) is 4.75. The molecule has 2 rings (SSSR count). The minimum absolute atomic E-state index is 0.279. The predicted molar refractivity (Wildman–Crippen MR) is 64.4 cm³/mol. The van der Waals surface area contributed by atoms with Crippen molar-refractivity contribution in [2.75, 3.05) is 13.7 Å². The van der Waals surface area contributed by atoms with Crippen molar-refractivity contribution >= 4 is 5.97 Å². The fraction of sp³-hybridized carbons (Fsp3) is 0.462. The summed E-state index contributed by atoms with van der Waals surface area (Å²) in [6, 6.07) is 5.47. The summed E-state index contributed by atoms with van der Waals surface area (Å²) in [5, 5.41) is 8.94. The van der Waals surface area contributed by atoms with E-state index in [9.17, 15) is 4.79 Å². The van der Waals surface area contributed by atoms with Crippen molar-refractivity contribution in [2.45, 2.75) is 25.9 Å². The summed E-state index contributed by atoms with van der Waals surface area (Å²) >= 11 is 0. The number of nitrogens with zero attached hydrogens (tertiary/aromatic N) is 1. The number of aromatic carboxylic acids is 1. The van der Waals surface area contributed by atoms with Gasteiger partial charge in [-0.3, -0.25) is 4.90 Å². The van der Waals surface area contributed by atoms with E-state index in [1.54, 1.807) is 12.1 Å². The predicted octanol–water partition coefficient (Wildman–Crippen LogP) is 1.99. The Morgan fingerprint density at radius 1 is 1.59 bits per heavy atom. The van der Waals surface area contributed by atoms with Crippen LogP contribution < -0.4 is 4.74 Å². The summed E-state index contributed by atoms with van der Waals surface area (Å²) in [4.78, 5) is 13.1. The van der Waals surface area contributed by atoms with Gasteiger partial charge >= 0.3 is 5.97 Å². The van der Waals surface area contributed by atoms with Crippen LogP contribution in [0, 0.1) is 0 Å². The monoisotopic (exact) mass is 235 g/mol. The van der Waals surface area contributed by atoms with Gasteiger partial charge in [0.15, 0.2) is 0 Å². The van der Waals surface area contributed by atoms with Crippen LogP contribution in [0.2, 0.25) is 0 Å². The Morgan fingerprint density at radius 2 is 2.35 bits per heavy atom. The van der Waals surface area contributed by atoms with Gasteiger partial charge < -0.3 is 9.84 Å². The third kappa shape index (κ3) is 2.42. The van der Waals surface area contributed by atoms with E-state index >= 15 is 0 Å². The SMILES string of the molecule is CCC1COc2cc(C(=O)O)ccc2CN1C. The highest BCUT2D eigenvalue weighted by Crippen LogP contribution is 2.26. The first kappa shape index (κ1) is 11.9. The molecule has 0 saturated heterocycles. The molecule has 0 amide bonds. The minimum atomic E-state index is -0.916. The number of hydrogen-bond donors (Lipinski definition) is 1. The maximum Gasteiger partial charge on any atom is 0.335 e. The lowest BCUT2D eigenvalue weighted by atomic mass is 10.1. The molecule has 1 aliphatic rings. The van der Waals surface area contributed by atoms with E-state index < -0.39 is 5.97 Å². The summed E-state index contributed by atoms with van der Waals surface area (Å²) in [7, 11) is 2.07. The molecule has 92 valence electrons. The van der Waals surface area contributed by atoms with Gasteiger partial charge in [0, 0.05) is 18.2 Å². The Balaban J connectivity index is 2.30. The van der Waals surface area contributed by atoms with Gasteiger partial charge in [-0.2, -0.15) is 0 Å². The molecular formula is C13H17NO3. The molecule has 1 aromatic carbocycles. The topological polar surface area (TPSA) is 49.8 Å². The lowest BCUT2D eigenvalue weighted by Crippen LogP contribution is -2.33. The van der Waals surface area contributed by atoms with Gasteiger partial charge in [-0.05, 0) is 25.6 Å². The first-order chi connectivity index (χ1) is 8.11. The van der Waals surface area contributed by atoms with Crippen molar-refractivity contribution in [1.29, 1.82) is 0 Å². The molecule has 1 atom stereocenters. The van der Waals surface area contributed by atoms with Crippen molar-refractivity contribution in [2.24, 2.45) is 0 Å². The molecule has 0 bridgehead atoms. The van der Waals surface area contributed by atoms with Crippen LogP contribution in [0.4, 0.5) is 0 Å². The van der Waals surface area contributed by atoms with Crippen molar-refractivity contribution in [3.63, 3.8) is 0 Å². The molecule has 4 heteroatoms. The van der Waals surface area contributed by atoms with E-state index in [1.165, 1.54) is 0 Å². The summed E-state index contributed by atoms with van der Waals surface area (Å²) in [5.74, 6) is -0.214. The minimum Gasteiger partial charge on any atom is -0.492 e. The molecule has 1 aliphatic heterocycles. The van der Waals surface area contributed by atoms with Crippen LogP contribution in [0.15, 0.2) is 18.2 Å². The number of hydrogen-bond acceptors (Lipinski definition) is 3. The van der Waals surface area contributed by atoms with E-state index in [4.69, 9.17) is 9.84 Å². The van der Waals surface area contributed by atoms with E-state index in [0.717, 1.165) is 18.5 Å². The van der Waals surface area contributed by atoms with Gasteiger partial charge in [-0.1, -0.05) is 13.0 Å². The van der Waals surface area contributed by atoms with Crippen LogP contribution in [0.5, 0.6) is 5.75 Å². The number of carboxylic acids is 1. The van der Waals surface area contributed by atoms with E-state index in [0.29, 0.717) is 18.4 Å². The van der Waals surface area contributed by atoms with Crippen LogP contribution in [-0.2, 0) is 6.54 Å². The molecule has 17 heavy (non-hydrogen) atoms. The fourth-order valence-corrected chi connectivity index (χ4v) is 2.09.